The fourth-order valence-corrected chi connectivity index (χ4v) is 11.8. The Morgan fingerprint density at radius 3 is 1.55 bits per heavy atom. The molecule has 0 aliphatic carbocycles. The molecule has 0 aromatic heterocycles. The normalized spacial score (nSPS) is 17.1. The molecule has 0 radical (unpaired) electrons. The van der Waals surface area contributed by atoms with Crippen molar-refractivity contribution in [2.75, 3.05) is 19.8 Å². The predicted octanol–water partition coefficient (Wildman–Crippen LogP) is 3.24. The first-order valence-electron chi connectivity index (χ1n) is 7.72. The first-order chi connectivity index (χ1) is 9.08. The van der Waals surface area contributed by atoms with Gasteiger partial charge in [-0.25, -0.2) is 0 Å². The fourth-order valence-electron chi connectivity index (χ4n) is 2.36. The van der Waals surface area contributed by atoms with Crippen LogP contribution in [-0.4, -0.2) is 42.1 Å². The van der Waals surface area contributed by atoms with Gasteiger partial charge in [-0.15, -0.1) is 0 Å². The summed E-state index contributed by atoms with van der Waals surface area (Å²) >= 11 is 5.01. The quantitative estimate of drug-likeness (QED) is 0.489. The molecule has 0 saturated carbocycles. The molecular formula is C14H34O3SSi2. The van der Waals surface area contributed by atoms with Gasteiger partial charge in [-0.2, -0.15) is 12.6 Å². The summed E-state index contributed by atoms with van der Waals surface area (Å²) in [4.78, 5) is 0. The molecule has 0 bridgehead atoms. The van der Waals surface area contributed by atoms with Crippen LogP contribution in [0.3, 0.4) is 0 Å². The van der Waals surface area contributed by atoms with Gasteiger partial charge in [-0.3, -0.25) is 0 Å². The van der Waals surface area contributed by atoms with Gasteiger partial charge in [-0.1, -0.05) is 27.7 Å². The van der Waals surface area contributed by atoms with Crippen molar-refractivity contribution in [3.63, 3.8) is 0 Å². The molecule has 0 unspecified atom stereocenters. The van der Waals surface area contributed by atoms with E-state index >= 15 is 0 Å². The Kier molecular flexibility index (Phi) is 8.61. The molecule has 0 aliphatic rings. The second-order valence-corrected chi connectivity index (χ2v) is 15.8. The van der Waals surface area contributed by atoms with Gasteiger partial charge in [-0.05, 0) is 38.7 Å². The summed E-state index contributed by atoms with van der Waals surface area (Å²) < 4.78 is 17.9. The predicted molar refractivity (Wildman–Crippen MR) is 95.4 cm³/mol. The van der Waals surface area contributed by atoms with Crippen molar-refractivity contribution in [3.05, 3.63) is 0 Å². The van der Waals surface area contributed by atoms with Gasteiger partial charge >= 0.3 is 8.80 Å². The third-order valence-corrected chi connectivity index (χ3v) is 12.9. The van der Waals surface area contributed by atoms with Gasteiger partial charge in [0, 0.05) is 19.8 Å². The monoisotopic (exact) mass is 338 g/mol. The maximum Gasteiger partial charge on any atom is 0.513 e. The minimum Gasteiger partial charge on any atom is -0.373 e. The Balaban J connectivity index is 5.39. The topological polar surface area (TPSA) is 27.7 Å². The summed E-state index contributed by atoms with van der Waals surface area (Å²) in [7, 11) is -3.35. The molecule has 0 aromatic rings. The van der Waals surface area contributed by atoms with Crippen molar-refractivity contribution in [2.24, 2.45) is 5.92 Å². The van der Waals surface area contributed by atoms with Gasteiger partial charge in [0.1, 0.15) is 0 Å². The maximum atomic E-state index is 6.05. The Morgan fingerprint density at radius 1 is 0.950 bits per heavy atom. The molecule has 0 rings (SSSR count). The molecule has 0 fully saturated rings. The summed E-state index contributed by atoms with van der Waals surface area (Å²) in [6, 6.07) is 0. The van der Waals surface area contributed by atoms with Crippen LogP contribution in [0, 0.1) is 5.92 Å². The number of rotatable bonds is 10. The van der Waals surface area contributed by atoms with Crippen molar-refractivity contribution in [1.29, 1.82) is 0 Å². The van der Waals surface area contributed by atoms with Crippen LogP contribution in [0.2, 0.25) is 5.04 Å². The molecule has 0 amide bonds. The lowest BCUT2D eigenvalue weighted by atomic mass is 9.99. The molecule has 0 aromatic carbocycles. The van der Waals surface area contributed by atoms with Crippen LogP contribution in [0.4, 0.5) is 0 Å². The van der Waals surface area contributed by atoms with Gasteiger partial charge in [0.2, 0.25) is 0 Å². The first kappa shape index (κ1) is 20.7. The molecule has 20 heavy (non-hydrogen) atoms. The van der Waals surface area contributed by atoms with Gasteiger partial charge in [0.05, 0.1) is 13.5 Å². The molecule has 0 saturated heterocycles. The van der Waals surface area contributed by atoms with E-state index in [1.807, 2.05) is 20.8 Å². The lowest BCUT2D eigenvalue weighted by Gasteiger charge is -2.44. The Hall–Kier alpha value is 0.664. The fraction of sp³-hybridized carbons (Fsp3) is 1.00. The second-order valence-electron chi connectivity index (χ2n) is 6.45. The Bertz CT molecular complexity index is 267. The van der Waals surface area contributed by atoms with Crippen molar-refractivity contribution in [2.45, 2.75) is 64.4 Å². The zero-order chi connectivity index (χ0) is 16.0. The molecule has 0 N–H and O–H groups in total. The number of thiol groups is 1. The molecular weight excluding hydrogens is 304 g/mol. The molecule has 6 heteroatoms. The van der Waals surface area contributed by atoms with Crippen molar-refractivity contribution in [1.82, 2.24) is 0 Å². The van der Waals surface area contributed by atoms with Crippen LogP contribution in [0.5, 0.6) is 0 Å². The van der Waals surface area contributed by atoms with E-state index in [4.69, 9.17) is 25.9 Å². The van der Waals surface area contributed by atoms with Crippen LogP contribution in [0.25, 0.3) is 0 Å². The zero-order valence-electron chi connectivity index (χ0n) is 14.6. The maximum absolute atomic E-state index is 6.05. The van der Waals surface area contributed by atoms with Gasteiger partial charge in [0.25, 0.3) is 0 Å². The van der Waals surface area contributed by atoms with Crippen molar-refractivity contribution >= 4 is 31.0 Å². The van der Waals surface area contributed by atoms with Crippen LogP contribution < -0.4 is 0 Å². The molecule has 1 atom stereocenters. The molecule has 0 aliphatic heterocycles. The van der Waals surface area contributed by atoms with E-state index in [1.165, 1.54) is 0 Å². The highest BCUT2D eigenvalue weighted by molar-refractivity contribution is 7.86. The number of hydrogen-bond acceptors (Lipinski definition) is 4. The smallest absolute Gasteiger partial charge is 0.373 e. The lowest BCUT2D eigenvalue weighted by molar-refractivity contribution is 0.0667. The SMILES string of the molecule is CCO[Si](OCC)(OCC)[C@@](C)(S)[SiH2]C(C)(C)C(C)C. The van der Waals surface area contributed by atoms with Crippen LogP contribution in [0.1, 0.15) is 55.4 Å². The summed E-state index contributed by atoms with van der Waals surface area (Å²) in [5.41, 5.74) is 0. The highest BCUT2D eigenvalue weighted by Crippen LogP contribution is 2.41. The van der Waals surface area contributed by atoms with E-state index in [1.54, 1.807) is 0 Å². The minimum absolute atomic E-state index is 0.261. The highest BCUT2D eigenvalue weighted by Gasteiger charge is 2.58. The van der Waals surface area contributed by atoms with E-state index in [-0.39, 0.29) is 3.99 Å². The Labute approximate surface area is 134 Å². The summed E-state index contributed by atoms with van der Waals surface area (Å²) in [5.74, 6) is 0.622. The Morgan fingerprint density at radius 2 is 1.30 bits per heavy atom. The summed E-state index contributed by atoms with van der Waals surface area (Å²) in [5, 5.41) is 0.292. The van der Waals surface area contributed by atoms with E-state index in [0.29, 0.717) is 30.8 Å². The van der Waals surface area contributed by atoms with Crippen LogP contribution >= 0.6 is 12.6 Å². The second kappa shape index (κ2) is 8.34. The van der Waals surface area contributed by atoms with Gasteiger partial charge < -0.3 is 13.3 Å². The van der Waals surface area contributed by atoms with Crippen molar-refractivity contribution < 1.29 is 13.3 Å². The first-order valence-corrected chi connectivity index (χ1v) is 11.3. The molecule has 0 heterocycles. The van der Waals surface area contributed by atoms with Crippen LogP contribution in [-0.2, 0) is 13.3 Å². The standard InChI is InChI=1S/C14H34O3SSi2/c1-9-15-20(16-10-2,17-11-3)14(8,18)19-13(6,7)12(4)5/h12,18H,9-11,19H2,1-8H3/t14-/m0/s1. The lowest BCUT2D eigenvalue weighted by Crippen LogP contribution is -2.65. The summed E-state index contributed by atoms with van der Waals surface area (Å²) in [6.07, 6.45) is 0. The largest absolute Gasteiger partial charge is 0.513 e. The average molecular weight is 339 g/mol. The minimum atomic E-state index is -2.75. The van der Waals surface area contributed by atoms with E-state index < -0.39 is 18.3 Å². The average Bonchev–Trinajstić information content (AvgIpc) is 2.28. The molecule has 122 valence electrons. The molecule has 0 spiro atoms. The summed E-state index contributed by atoms with van der Waals surface area (Å²) in [6.45, 7) is 19.2. The van der Waals surface area contributed by atoms with Crippen LogP contribution in [0.15, 0.2) is 0 Å². The van der Waals surface area contributed by atoms with Gasteiger partial charge in [0.15, 0.2) is 0 Å². The third-order valence-electron chi connectivity index (χ3n) is 4.03. The highest BCUT2D eigenvalue weighted by atomic mass is 32.1. The molecule has 3 nitrogen and oxygen atoms in total. The third kappa shape index (κ3) is 5.14. The van der Waals surface area contributed by atoms with Crippen molar-refractivity contribution in [3.8, 4) is 0 Å². The number of hydrogen-bond donors (Lipinski definition) is 1. The zero-order valence-corrected chi connectivity index (χ0v) is 17.9. The van der Waals surface area contributed by atoms with E-state index in [9.17, 15) is 0 Å². The van der Waals surface area contributed by atoms with E-state index in [2.05, 4.69) is 34.6 Å². The van der Waals surface area contributed by atoms with E-state index in [0.717, 1.165) is 0 Å².